The summed E-state index contributed by atoms with van der Waals surface area (Å²) in [6.45, 7) is 9.65. The molecule has 0 aliphatic heterocycles. The van der Waals surface area contributed by atoms with Crippen molar-refractivity contribution in [3.05, 3.63) is 0 Å². The van der Waals surface area contributed by atoms with E-state index < -0.39 is 97.5 Å². The van der Waals surface area contributed by atoms with Crippen LogP contribution in [0.3, 0.4) is 0 Å². The van der Waals surface area contributed by atoms with Crippen molar-refractivity contribution in [2.75, 3.05) is 39.6 Å². The second-order valence-corrected chi connectivity index (χ2v) is 35.6. The zero-order chi connectivity index (χ0) is 79.2. The van der Waals surface area contributed by atoms with Crippen molar-refractivity contribution in [3.63, 3.8) is 0 Å². The summed E-state index contributed by atoms with van der Waals surface area (Å²) in [5.74, 6) is -0.595. The number of esters is 4. The monoisotopic (exact) mass is 1580 g/mol. The van der Waals surface area contributed by atoms with Gasteiger partial charge < -0.3 is 33.8 Å². The number of rotatable bonds is 88. The van der Waals surface area contributed by atoms with Crippen molar-refractivity contribution in [1.29, 1.82) is 0 Å². The van der Waals surface area contributed by atoms with Crippen LogP contribution < -0.4 is 0 Å². The SMILES string of the molecule is CCCCCCCCCCCCCCCCCCCCCCCCC(=O)O[C@H](COC(=O)CCCCCCCCCCCCCCCCCCCCCCC)COP(=O)(O)OC[C@@H](O)COP(=O)(O)OC[C@@H](COC(=O)CCCCCCCCC(C)CC)OC(=O)CCCCCCCCCCCCCCC(C)C. The minimum Gasteiger partial charge on any atom is -0.462 e. The molecule has 0 saturated heterocycles. The zero-order valence-corrected chi connectivity index (χ0v) is 73.0. The first kappa shape index (κ1) is 106. The number of carbonyl (C=O) groups is 4. The number of carbonyl (C=O) groups excluding carboxylic acids is 4. The number of phosphoric acid groups is 2. The fraction of sp³-hybridized carbons (Fsp3) is 0.955. The summed E-state index contributed by atoms with van der Waals surface area (Å²) in [6, 6.07) is 0. The van der Waals surface area contributed by atoms with Crippen LogP contribution in [0.25, 0.3) is 0 Å². The molecule has 3 unspecified atom stereocenters. The highest BCUT2D eigenvalue weighted by Gasteiger charge is 2.31. The van der Waals surface area contributed by atoms with Crippen LogP contribution in [-0.4, -0.2) is 96.7 Å². The van der Waals surface area contributed by atoms with Crippen molar-refractivity contribution in [2.24, 2.45) is 11.8 Å². The molecule has 0 saturated carbocycles. The molecule has 0 aromatic heterocycles. The molecule has 0 heterocycles. The normalized spacial score (nSPS) is 14.0. The third kappa shape index (κ3) is 80.7. The van der Waals surface area contributed by atoms with Gasteiger partial charge >= 0.3 is 39.5 Å². The van der Waals surface area contributed by atoms with E-state index in [0.717, 1.165) is 108 Å². The minimum absolute atomic E-state index is 0.106. The van der Waals surface area contributed by atoms with E-state index in [1.54, 1.807) is 0 Å². The van der Waals surface area contributed by atoms with E-state index >= 15 is 0 Å². The van der Waals surface area contributed by atoms with E-state index in [1.807, 2.05) is 0 Å². The van der Waals surface area contributed by atoms with Crippen LogP contribution in [0.4, 0.5) is 0 Å². The molecule has 0 fully saturated rings. The Kier molecular flexibility index (Phi) is 78.8. The Morgan fingerprint density at radius 1 is 0.269 bits per heavy atom. The maximum atomic E-state index is 13.2. The lowest BCUT2D eigenvalue weighted by atomic mass is 10.00. The Balaban J connectivity index is 5.21. The maximum Gasteiger partial charge on any atom is 0.472 e. The van der Waals surface area contributed by atoms with Gasteiger partial charge in [-0.25, -0.2) is 9.13 Å². The van der Waals surface area contributed by atoms with Gasteiger partial charge in [0.15, 0.2) is 12.2 Å². The standard InChI is InChI=1S/C89H174O17P2/c1-7-10-12-14-16-18-20-22-24-26-28-30-32-34-36-38-40-45-49-53-61-67-73-88(93)105-84(77-99-86(91)71-65-59-52-48-44-39-37-35-33-31-29-27-25-23-21-19-17-15-13-11-8-2)79-103-107(95,96)101-75-83(90)76-102-108(97,98)104-80-85(78-100-87(92)72-66-60-56-55-58-64-70-82(6)9-3)106-89(94)74-68-62-54-50-46-42-41-43-47-51-57-63-69-81(4)5/h81-85,90H,7-80H2,1-6H3,(H,95,96)(H,97,98)/t82?,83-,84-,85-/m1/s1. The Hall–Kier alpha value is -1.94. The zero-order valence-electron chi connectivity index (χ0n) is 71.2. The molecule has 108 heavy (non-hydrogen) atoms. The molecule has 642 valence electrons. The predicted octanol–water partition coefficient (Wildman–Crippen LogP) is 27.4. The van der Waals surface area contributed by atoms with Gasteiger partial charge in [-0.1, -0.05) is 427 Å². The van der Waals surface area contributed by atoms with E-state index in [4.69, 9.17) is 37.0 Å². The van der Waals surface area contributed by atoms with Crippen molar-refractivity contribution in [3.8, 4) is 0 Å². The van der Waals surface area contributed by atoms with Crippen LogP contribution >= 0.6 is 15.6 Å². The van der Waals surface area contributed by atoms with Crippen LogP contribution in [-0.2, 0) is 65.4 Å². The fourth-order valence-electron chi connectivity index (χ4n) is 13.9. The summed E-state index contributed by atoms with van der Waals surface area (Å²) < 4.78 is 69.0. The Morgan fingerprint density at radius 2 is 0.472 bits per heavy atom. The second-order valence-electron chi connectivity index (χ2n) is 32.7. The molecule has 19 heteroatoms. The summed E-state index contributed by atoms with van der Waals surface area (Å²) in [4.78, 5) is 73.3. The predicted molar refractivity (Wildman–Crippen MR) is 446 cm³/mol. The average molecular weight is 1580 g/mol. The first-order valence-corrected chi connectivity index (χ1v) is 49.0. The maximum absolute atomic E-state index is 13.2. The lowest BCUT2D eigenvalue weighted by Crippen LogP contribution is -2.30. The molecular formula is C89H174O17P2. The summed E-state index contributed by atoms with van der Waals surface area (Å²) in [7, 11) is -9.93. The molecule has 0 bridgehead atoms. The molecule has 0 spiro atoms. The van der Waals surface area contributed by atoms with Crippen molar-refractivity contribution in [2.45, 2.75) is 496 Å². The van der Waals surface area contributed by atoms with Gasteiger partial charge in [0.2, 0.25) is 0 Å². The molecule has 0 rings (SSSR count). The lowest BCUT2D eigenvalue weighted by molar-refractivity contribution is -0.161. The first-order chi connectivity index (χ1) is 52.4. The number of hydrogen-bond acceptors (Lipinski definition) is 15. The van der Waals surface area contributed by atoms with E-state index in [9.17, 15) is 43.2 Å². The van der Waals surface area contributed by atoms with Crippen LogP contribution in [0.1, 0.15) is 478 Å². The summed E-state index contributed by atoms with van der Waals surface area (Å²) in [5, 5.41) is 10.7. The quantitative estimate of drug-likeness (QED) is 0.0222. The highest BCUT2D eigenvalue weighted by molar-refractivity contribution is 7.47. The second kappa shape index (κ2) is 80.3. The number of aliphatic hydroxyl groups excluding tert-OH is 1. The smallest absolute Gasteiger partial charge is 0.462 e. The Bertz CT molecular complexity index is 2070. The van der Waals surface area contributed by atoms with Crippen molar-refractivity contribution < 1.29 is 80.2 Å². The molecule has 0 aliphatic rings. The van der Waals surface area contributed by atoms with Crippen LogP contribution in [0.5, 0.6) is 0 Å². The molecule has 0 aromatic rings. The van der Waals surface area contributed by atoms with Gasteiger partial charge in [0, 0.05) is 25.7 Å². The Labute approximate surface area is 664 Å². The van der Waals surface area contributed by atoms with Gasteiger partial charge in [-0.2, -0.15) is 0 Å². The van der Waals surface area contributed by atoms with Crippen LogP contribution in [0.2, 0.25) is 0 Å². The van der Waals surface area contributed by atoms with Crippen molar-refractivity contribution >= 4 is 39.5 Å². The van der Waals surface area contributed by atoms with Crippen LogP contribution in [0.15, 0.2) is 0 Å². The highest BCUT2D eigenvalue weighted by atomic mass is 31.2. The largest absolute Gasteiger partial charge is 0.472 e. The summed E-state index contributed by atoms with van der Waals surface area (Å²) in [5.41, 5.74) is 0. The molecule has 0 amide bonds. The van der Waals surface area contributed by atoms with Crippen LogP contribution in [0, 0.1) is 11.8 Å². The van der Waals surface area contributed by atoms with Gasteiger partial charge in [-0.05, 0) is 37.5 Å². The van der Waals surface area contributed by atoms with E-state index in [-0.39, 0.29) is 25.7 Å². The van der Waals surface area contributed by atoms with Gasteiger partial charge in [-0.3, -0.25) is 37.3 Å². The molecular weight excluding hydrogens is 1400 g/mol. The molecule has 6 atom stereocenters. The molecule has 3 N–H and O–H groups in total. The molecule has 17 nitrogen and oxygen atoms in total. The van der Waals surface area contributed by atoms with Gasteiger partial charge in [-0.15, -0.1) is 0 Å². The lowest BCUT2D eigenvalue weighted by Gasteiger charge is -2.21. The number of unbranched alkanes of at least 4 members (excludes halogenated alkanes) is 57. The number of ether oxygens (including phenoxy) is 4. The summed E-state index contributed by atoms with van der Waals surface area (Å²) in [6.07, 6.45) is 73.9. The molecule has 0 aromatic carbocycles. The fourth-order valence-corrected chi connectivity index (χ4v) is 15.5. The van der Waals surface area contributed by atoms with E-state index in [0.29, 0.717) is 25.7 Å². The van der Waals surface area contributed by atoms with Gasteiger partial charge in [0.25, 0.3) is 0 Å². The van der Waals surface area contributed by atoms with Crippen molar-refractivity contribution in [1.82, 2.24) is 0 Å². The average Bonchev–Trinajstić information content (AvgIpc) is 0.898. The Morgan fingerprint density at radius 3 is 0.704 bits per heavy atom. The first-order valence-electron chi connectivity index (χ1n) is 46.0. The summed E-state index contributed by atoms with van der Waals surface area (Å²) >= 11 is 0. The highest BCUT2D eigenvalue weighted by Crippen LogP contribution is 2.45. The third-order valence-corrected chi connectivity index (χ3v) is 23.2. The van der Waals surface area contributed by atoms with E-state index in [2.05, 4.69) is 41.5 Å². The third-order valence-electron chi connectivity index (χ3n) is 21.3. The molecule has 0 radical (unpaired) electrons. The van der Waals surface area contributed by atoms with E-state index in [1.165, 1.54) is 289 Å². The minimum atomic E-state index is -4.97. The number of aliphatic hydroxyl groups is 1. The molecule has 0 aliphatic carbocycles. The topological polar surface area (TPSA) is 237 Å². The number of hydrogen-bond donors (Lipinski definition) is 3. The van der Waals surface area contributed by atoms with Gasteiger partial charge in [0.05, 0.1) is 26.4 Å². The number of phosphoric ester groups is 2. The van der Waals surface area contributed by atoms with Gasteiger partial charge in [0.1, 0.15) is 19.3 Å².